The first kappa shape index (κ1) is 13.7. The van der Waals surface area contributed by atoms with Gasteiger partial charge >= 0.3 is 0 Å². The Morgan fingerprint density at radius 3 is 3.10 bits per heavy atom. The fourth-order valence-corrected chi connectivity index (χ4v) is 2.53. The Bertz CT molecular complexity index is 666. The van der Waals surface area contributed by atoms with Gasteiger partial charge < -0.3 is 10.6 Å². The molecule has 8 heteroatoms. The molecular weight excluding hydrogens is 270 g/mol. The molecule has 2 N–H and O–H groups in total. The highest BCUT2D eigenvalue weighted by atomic mass is 16.2. The predicted octanol–water partition coefficient (Wildman–Crippen LogP) is -0.273. The lowest BCUT2D eigenvalue weighted by molar-refractivity contribution is -0.121. The van der Waals surface area contributed by atoms with E-state index in [4.69, 9.17) is 0 Å². The molecular formula is C13H19N7O. The normalized spacial score (nSPS) is 16.8. The molecule has 0 unspecified atom stereocenters. The summed E-state index contributed by atoms with van der Waals surface area (Å²) in [5.74, 6) is 1.52. The van der Waals surface area contributed by atoms with Crippen molar-refractivity contribution < 1.29 is 4.79 Å². The van der Waals surface area contributed by atoms with Gasteiger partial charge in [-0.2, -0.15) is 5.10 Å². The van der Waals surface area contributed by atoms with Crippen LogP contribution in [0.4, 0.5) is 5.82 Å². The van der Waals surface area contributed by atoms with E-state index in [1.165, 1.54) is 0 Å². The summed E-state index contributed by atoms with van der Waals surface area (Å²) in [5.41, 5.74) is 0.795. The van der Waals surface area contributed by atoms with E-state index in [2.05, 4.69) is 30.6 Å². The molecule has 0 aliphatic carbocycles. The quantitative estimate of drug-likeness (QED) is 0.808. The van der Waals surface area contributed by atoms with E-state index in [1.54, 1.807) is 10.9 Å². The zero-order valence-corrected chi connectivity index (χ0v) is 12.3. The highest BCUT2D eigenvalue weighted by Gasteiger charge is 2.17. The van der Waals surface area contributed by atoms with Crippen molar-refractivity contribution in [3.05, 3.63) is 12.0 Å². The fourth-order valence-electron chi connectivity index (χ4n) is 2.53. The Labute approximate surface area is 122 Å². The summed E-state index contributed by atoms with van der Waals surface area (Å²) in [6.07, 6.45) is 2.70. The molecule has 1 saturated heterocycles. The maximum atomic E-state index is 11.6. The first-order valence-corrected chi connectivity index (χ1v) is 7.03. The monoisotopic (exact) mass is 289 g/mol. The van der Waals surface area contributed by atoms with Gasteiger partial charge in [0.15, 0.2) is 5.65 Å². The molecule has 2 aromatic rings. The number of nitrogens with zero attached hydrogens (tertiary/aromatic N) is 5. The number of hydrogen-bond donors (Lipinski definition) is 2. The molecule has 0 radical (unpaired) electrons. The molecule has 3 rings (SSSR count). The summed E-state index contributed by atoms with van der Waals surface area (Å²) in [6.45, 7) is 2.55. The first-order valence-electron chi connectivity index (χ1n) is 7.03. The van der Waals surface area contributed by atoms with Crippen LogP contribution in [0.5, 0.6) is 0 Å². The maximum Gasteiger partial charge on any atom is 0.234 e. The van der Waals surface area contributed by atoms with E-state index < -0.39 is 0 Å². The SMILES string of the molecule is CNc1nc(CN2CCCNC(=O)C2)nc2c1cnn2C. The number of rotatable bonds is 3. The van der Waals surface area contributed by atoms with Crippen molar-refractivity contribution >= 4 is 22.8 Å². The van der Waals surface area contributed by atoms with Crippen LogP contribution in [-0.2, 0) is 18.4 Å². The van der Waals surface area contributed by atoms with Gasteiger partial charge in [-0.05, 0) is 6.42 Å². The number of carbonyl (C=O) groups is 1. The molecule has 0 spiro atoms. The van der Waals surface area contributed by atoms with Gasteiger partial charge in [0.05, 0.1) is 24.7 Å². The zero-order valence-electron chi connectivity index (χ0n) is 12.3. The summed E-state index contributed by atoms with van der Waals surface area (Å²) >= 11 is 0. The van der Waals surface area contributed by atoms with Crippen LogP contribution >= 0.6 is 0 Å². The van der Waals surface area contributed by atoms with E-state index in [-0.39, 0.29) is 5.91 Å². The summed E-state index contributed by atoms with van der Waals surface area (Å²) in [5, 5.41) is 11.1. The van der Waals surface area contributed by atoms with Crippen molar-refractivity contribution in [1.29, 1.82) is 0 Å². The van der Waals surface area contributed by atoms with Gasteiger partial charge in [-0.3, -0.25) is 14.4 Å². The zero-order chi connectivity index (χ0) is 14.8. The Balaban J connectivity index is 1.89. The van der Waals surface area contributed by atoms with E-state index in [9.17, 15) is 4.79 Å². The molecule has 0 saturated carbocycles. The third kappa shape index (κ3) is 2.80. The number of aromatic nitrogens is 4. The minimum absolute atomic E-state index is 0.0583. The number of fused-ring (bicyclic) bond motifs is 1. The molecule has 0 aromatic carbocycles. The first-order chi connectivity index (χ1) is 10.2. The lowest BCUT2D eigenvalue weighted by Crippen LogP contribution is -2.33. The Kier molecular flexibility index (Phi) is 3.70. The van der Waals surface area contributed by atoms with Crippen LogP contribution in [0.1, 0.15) is 12.2 Å². The molecule has 21 heavy (non-hydrogen) atoms. The minimum Gasteiger partial charge on any atom is -0.372 e. The highest BCUT2D eigenvalue weighted by Crippen LogP contribution is 2.19. The highest BCUT2D eigenvalue weighted by molar-refractivity contribution is 5.86. The van der Waals surface area contributed by atoms with Gasteiger partial charge in [-0.25, -0.2) is 9.97 Å². The number of carbonyl (C=O) groups excluding carboxylic acids is 1. The van der Waals surface area contributed by atoms with Crippen molar-refractivity contribution in [3.63, 3.8) is 0 Å². The average Bonchev–Trinajstić information content (AvgIpc) is 2.71. The second-order valence-corrected chi connectivity index (χ2v) is 5.16. The Hall–Kier alpha value is -2.22. The second-order valence-electron chi connectivity index (χ2n) is 5.16. The van der Waals surface area contributed by atoms with Gasteiger partial charge in [0, 0.05) is 27.2 Å². The van der Waals surface area contributed by atoms with Gasteiger partial charge in [0.1, 0.15) is 11.6 Å². The molecule has 1 aliphatic heterocycles. The Morgan fingerprint density at radius 2 is 2.29 bits per heavy atom. The van der Waals surface area contributed by atoms with E-state index in [0.717, 1.165) is 36.4 Å². The van der Waals surface area contributed by atoms with Gasteiger partial charge in [-0.1, -0.05) is 0 Å². The molecule has 1 fully saturated rings. The predicted molar refractivity (Wildman–Crippen MR) is 78.8 cm³/mol. The van der Waals surface area contributed by atoms with Crippen LogP contribution in [0.15, 0.2) is 6.20 Å². The lowest BCUT2D eigenvalue weighted by atomic mass is 10.3. The van der Waals surface area contributed by atoms with Crippen LogP contribution in [0.25, 0.3) is 11.0 Å². The summed E-state index contributed by atoms with van der Waals surface area (Å²) in [6, 6.07) is 0. The third-order valence-electron chi connectivity index (χ3n) is 3.58. The van der Waals surface area contributed by atoms with Gasteiger partial charge in [0.25, 0.3) is 0 Å². The second kappa shape index (κ2) is 5.65. The van der Waals surface area contributed by atoms with E-state index in [1.807, 2.05) is 14.1 Å². The smallest absolute Gasteiger partial charge is 0.234 e. The van der Waals surface area contributed by atoms with Crippen LogP contribution in [0.2, 0.25) is 0 Å². The summed E-state index contributed by atoms with van der Waals surface area (Å²) < 4.78 is 1.73. The van der Waals surface area contributed by atoms with Gasteiger partial charge in [0.2, 0.25) is 5.91 Å². The topological polar surface area (TPSA) is 88.0 Å². The van der Waals surface area contributed by atoms with Crippen LogP contribution < -0.4 is 10.6 Å². The average molecular weight is 289 g/mol. The van der Waals surface area contributed by atoms with E-state index in [0.29, 0.717) is 18.9 Å². The van der Waals surface area contributed by atoms with Crippen molar-refractivity contribution in [2.24, 2.45) is 7.05 Å². The van der Waals surface area contributed by atoms with Crippen LogP contribution in [-0.4, -0.2) is 57.2 Å². The van der Waals surface area contributed by atoms with Gasteiger partial charge in [-0.15, -0.1) is 0 Å². The van der Waals surface area contributed by atoms with Crippen molar-refractivity contribution in [1.82, 2.24) is 30.0 Å². The number of aryl methyl sites for hydroxylation is 1. The molecule has 0 bridgehead atoms. The van der Waals surface area contributed by atoms with Crippen molar-refractivity contribution in [2.75, 3.05) is 32.0 Å². The number of hydrogen-bond acceptors (Lipinski definition) is 6. The van der Waals surface area contributed by atoms with Crippen molar-refractivity contribution in [2.45, 2.75) is 13.0 Å². The molecule has 0 atom stereocenters. The van der Waals surface area contributed by atoms with E-state index >= 15 is 0 Å². The molecule has 1 amide bonds. The van der Waals surface area contributed by atoms with Crippen molar-refractivity contribution in [3.8, 4) is 0 Å². The maximum absolute atomic E-state index is 11.6. The number of amides is 1. The molecule has 1 aliphatic rings. The molecule has 2 aromatic heterocycles. The fraction of sp³-hybridized carbons (Fsp3) is 0.538. The summed E-state index contributed by atoms with van der Waals surface area (Å²) in [7, 11) is 3.69. The lowest BCUT2D eigenvalue weighted by Gasteiger charge is -2.17. The van der Waals surface area contributed by atoms with Crippen LogP contribution in [0, 0.1) is 0 Å². The molecule has 3 heterocycles. The van der Waals surface area contributed by atoms with Crippen LogP contribution in [0.3, 0.4) is 0 Å². The third-order valence-corrected chi connectivity index (χ3v) is 3.58. The number of anilines is 1. The minimum atomic E-state index is 0.0583. The summed E-state index contributed by atoms with van der Waals surface area (Å²) in [4.78, 5) is 22.8. The standard InChI is InChI=1S/C13H19N7O/c1-14-12-9-6-16-19(2)13(9)18-10(17-12)7-20-5-3-4-15-11(21)8-20/h6H,3-5,7-8H2,1-2H3,(H,15,21)(H,14,17,18). The number of nitrogens with one attached hydrogen (secondary N) is 2. The molecule has 112 valence electrons. The largest absolute Gasteiger partial charge is 0.372 e. The molecule has 8 nitrogen and oxygen atoms in total. The Morgan fingerprint density at radius 1 is 1.43 bits per heavy atom.